The molecule has 128 valence electrons. The first-order valence-corrected chi connectivity index (χ1v) is 8.36. The summed E-state index contributed by atoms with van der Waals surface area (Å²) in [5.41, 5.74) is 1.76. The Morgan fingerprint density at radius 3 is 2.72 bits per heavy atom. The summed E-state index contributed by atoms with van der Waals surface area (Å²) in [5, 5.41) is 12.5. The minimum atomic E-state index is 0.0274. The van der Waals surface area contributed by atoms with E-state index in [2.05, 4.69) is 31.8 Å². The molecule has 4 rings (SSSR count). The van der Waals surface area contributed by atoms with Gasteiger partial charge in [-0.25, -0.2) is 9.67 Å². The first kappa shape index (κ1) is 15.5. The summed E-state index contributed by atoms with van der Waals surface area (Å²) in [6.45, 7) is 4.64. The van der Waals surface area contributed by atoms with Crippen molar-refractivity contribution in [3.8, 4) is 0 Å². The van der Waals surface area contributed by atoms with Crippen molar-refractivity contribution in [3.63, 3.8) is 0 Å². The average molecular weight is 337 g/mol. The smallest absolute Gasteiger partial charge is 0.254 e. The van der Waals surface area contributed by atoms with Gasteiger partial charge in [0, 0.05) is 25.1 Å². The van der Waals surface area contributed by atoms with E-state index in [-0.39, 0.29) is 5.91 Å². The molecule has 0 fully saturated rings. The minimum Gasteiger partial charge on any atom is -0.329 e. The molecule has 0 N–H and O–H groups in total. The molecule has 0 spiro atoms. The normalized spacial score (nSPS) is 13.7. The number of fused-ring (bicyclic) bond motifs is 1. The Morgan fingerprint density at radius 1 is 1.16 bits per heavy atom. The van der Waals surface area contributed by atoms with Crippen LogP contribution in [0.1, 0.15) is 34.5 Å². The van der Waals surface area contributed by atoms with Crippen LogP contribution in [-0.2, 0) is 26.1 Å². The topological polar surface area (TPSA) is 81.7 Å². The minimum absolute atomic E-state index is 0.0274. The average Bonchev–Trinajstić information content (AvgIpc) is 3.30. The summed E-state index contributed by atoms with van der Waals surface area (Å²) in [5.74, 6) is 1.87. The van der Waals surface area contributed by atoms with Crippen molar-refractivity contribution in [2.24, 2.45) is 0 Å². The van der Waals surface area contributed by atoms with Crippen LogP contribution in [0.25, 0.3) is 0 Å². The number of nitrogens with zero attached hydrogens (tertiary/aromatic N) is 7. The lowest BCUT2D eigenvalue weighted by Crippen LogP contribution is -2.38. The lowest BCUT2D eigenvalue weighted by atomic mass is 10.1. The molecule has 0 radical (unpaired) electrons. The lowest BCUT2D eigenvalue weighted by Gasteiger charge is -2.28. The highest BCUT2D eigenvalue weighted by molar-refractivity contribution is 5.94. The molecule has 0 atom stereocenters. The predicted octanol–water partition coefficient (Wildman–Crippen LogP) is 1.14. The van der Waals surface area contributed by atoms with Gasteiger partial charge < -0.3 is 9.47 Å². The van der Waals surface area contributed by atoms with Gasteiger partial charge in [0.15, 0.2) is 5.82 Å². The predicted molar refractivity (Wildman–Crippen MR) is 89.7 cm³/mol. The summed E-state index contributed by atoms with van der Waals surface area (Å²) in [6, 6.07) is 7.64. The first-order chi connectivity index (χ1) is 12.2. The quantitative estimate of drug-likeness (QED) is 0.713. The third-order valence-corrected chi connectivity index (χ3v) is 4.45. The monoisotopic (exact) mass is 337 g/mol. The number of carbonyl (C=O) groups is 1. The second kappa shape index (κ2) is 6.46. The summed E-state index contributed by atoms with van der Waals surface area (Å²) in [4.78, 5) is 18.5. The van der Waals surface area contributed by atoms with Crippen molar-refractivity contribution in [2.75, 3.05) is 6.54 Å². The molecule has 3 aromatic rings. The van der Waals surface area contributed by atoms with Crippen molar-refractivity contribution in [2.45, 2.75) is 33.0 Å². The van der Waals surface area contributed by atoms with Crippen LogP contribution in [0.15, 0.2) is 36.9 Å². The summed E-state index contributed by atoms with van der Waals surface area (Å²) < 4.78 is 3.87. The summed E-state index contributed by atoms with van der Waals surface area (Å²) in [7, 11) is 0. The molecular formula is C17H19N7O. The first-order valence-electron chi connectivity index (χ1n) is 8.36. The second-order valence-corrected chi connectivity index (χ2v) is 6.05. The fraction of sp³-hybridized carbons (Fsp3) is 0.353. The molecule has 0 saturated carbocycles. The molecule has 0 unspecified atom stereocenters. The fourth-order valence-corrected chi connectivity index (χ4v) is 3.09. The van der Waals surface area contributed by atoms with E-state index in [1.54, 1.807) is 11.0 Å². The molecule has 0 aliphatic carbocycles. The van der Waals surface area contributed by atoms with E-state index in [4.69, 9.17) is 0 Å². The molecule has 8 heteroatoms. The van der Waals surface area contributed by atoms with Crippen LogP contribution in [0.5, 0.6) is 0 Å². The third-order valence-electron chi connectivity index (χ3n) is 4.45. The Hall–Kier alpha value is -3.03. The molecule has 0 bridgehead atoms. The van der Waals surface area contributed by atoms with Crippen molar-refractivity contribution in [3.05, 3.63) is 59.7 Å². The molecule has 2 aromatic heterocycles. The zero-order valence-corrected chi connectivity index (χ0v) is 14.0. The summed E-state index contributed by atoms with van der Waals surface area (Å²) in [6.07, 6.45) is 4.04. The number of carbonyl (C=O) groups excluding carboxylic acids is 1. The molecule has 25 heavy (non-hydrogen) atoms. The Balaban J connectivity index is 1.46. The van der Waals surface area contributed by atoms with E-state index in [0.717, 1.165) is 30.2 Å². The maximum absolute atomic E-state index is 12.8. The fourth-order valence-electron chi connectivity index (χ4n) is 3.09. The summed E-state index contributed by atoms with van der Waals surface area (Å²) >= 11 is 0. The molecule has 1 aromatic carbocycles. The second-order valence-electron chi connectivity index (χ2n) is 6.05. The van der Waals surface area contributed by atoms with Crippen LogP contribution in [-0.4, -0.2) is 46.9 Å². The lowest BCUT2D eigenvalue weighted by molar-refractivity contribution is 0.0706. The number of hydrogen-bond acceptors (Lipinski definition) is 5. The van der Waals surface area contributed by atoms with Crippen LogP contribution in [0.4, 0.5) is 0 Å². The van der Waals surface area contributed by atoms with Gasteiger partial charge in [-0.1, -0.05) is 19.1 Å². The molecule has 1 aliphatic heterocycles. The Bertz CT molecular complexity index is 867. The maximum Gasteiger partial charge on any atom is 0.254 e. The van der Waals surface area contributed by atoms with Gasteiger partial charge in [0.2, 0.25) is 0 Å². The van der Waals surface area contributed by atoms with Crippen molar-refractivity contribution < 1.29 is 4.79 Å². The van der Waals surface area contributed by atoms with E-state index in [1.807, 2.05) is 29.2 Å². The standard InChI is InChI=1S/C17H19N7O/c1-2-15-20-21-16-10-22(7-8-24(15)16)17(25)14-5-3-13(4-6-14)9-23-12-18-11-19-23/h3-6,11-12H,2,7-10H2,1H3. The highest BCUT2D eigenvalue weighted by atomic mass is 16.2. The largest absolute Gasteiger partial charge is 0.329 e. The Labute approximate surface area is 145 Å². The number of benzene rings is 1. The van der Waals surface area contributed by atoms with Crippen LogP contribution >= 0.6 is 0 Å². The van der Waals surface area contributed by atoms with Crippen LogP contribution in [0, 0.1) is 0 Å². The number of aryl methyl sites for hydroxylation is 1. The van der Waals surface area contributed by atoms with Gasteiger partial charge in [0.1, 0.15) is 18.5 Å². The van der Waals surface area contributed by atoms with Gasteiger partial charge in [0.25, 0.3) is 5.91 Å². The molecule has 8 nitrogen and oxygen atoms in total. The van der Waals surface area contributed by atoms with E-state index >= 15 is 0 Å². The van der Waals surface area contributed by atoms with Crippen LogP contribution < -0.4 is 0 Å². The Kier molecular flexibility index (Phi) is 4.01. The number of hydrogen-bond donors (Lipinski definition) is 0. The van der Waals surface area contributed by atoms with Crippen LogP contribution in [0.2, 0.25) is 0 Å². The number of rotatable bonds is 4. The molecule has 0 saturated heterocycles. The van der Waals surface area contributed by atoms with Gasteiger partial charge in [-0.2, -0.15) is 5.10 Å². The highest BCUT2D eigenvalue weighted by Gasteiger charge is 2.24. The zero-order chi connectivity index (χ0) is 17.2. The SMILES string of the molecule is CCc1nnc2n1CCN(C(=O)c1ccc(Cn3cncn3)cc1)C2. The molecular weight excluding hydrogens is 318 g/mol. The van der Waals surface area contributed by atoms with Crippen LogP contribution in [0.3, 0.4) is 0 Å². The van der Waals surface area contributed by atoms with Gasteiger partial charge in [-0.3, -0.25) is 4.79 Å². The van der Waals surface area contributed by atoms with E-state index < -0.39 is 0 Å². The van der Waals surface area contributed by atoms with E-state index in [9.17, 15) is 4.79 Å². The molecule has 1 amide bonds. The van der Waals surface area contributed by atoms with Crippen molar-refractivity contribution in [1.82, 2.24) is 34.4 Å². The number of aromatic nitrogens is 6. The molecule has 1 aliphatic rings. The van der Waals surface area contributed by atoms with Gasteiger partial charge in [0.05, 0.1) is 13.1 Å². The Morgan fingerprint density at radius 2 is 2.00 bits per heavy atom. The molecule has 3 heterocycles. The maximum atomic E-state index is 12.8. The zero-order valence-electron chi connectivity index (χ0n) is 14.0. The van der Waals surface area contributed by atoms with E-state index in [0.29, 0.717) is 25.2 Å². The van der Waals surface area contributed by atoms with E-state index in [1.165, 1.54) is 6.33 Å². The van der Waals surface area contributed by atoms with Gasteiger partial charge in [-0.15, -0.1) is 10.2 Å². The van der Waals surface area contributed by atoms with Crippen molar-refractivity contribution in [1.29, 1.82) is 0 Å². The third kappa shape index (κ3) is 3.02. The van der Waals surface area contributed by atoms with Gasteiger partial charge >= 0.3 is 0 Å². The van der Waals surface area contributed by atoms with Gasteiger partial charge in [-0.05, 0) is 17.7 Å². The highest BCUT2D eigenvalue weighted by Crippen LogP contribution is 2.16. The van der Waals surface area contributed by atoms with Crippen molar-refractivity contribution >= 4 is 5.91 Å². The number of amides is 1.